The molecule has 1 aliphatic carbocycles. The lowest BCUT2D eigenvalue weighted by atomic mass is 9.95. The third kappa shape index (κ3) is 2.62. The lowest BCUT2D eigenvalue weighted by Gasteiger charge is -2.08. The molecule has 1 aromatic carbocycles. The van der Waals surface area contributed by atoms with Crippen molar-refractivity contribution in [3.63, 3.8) is 0 Å². The average Bonchev–Trinajstić information content (AvgIpc) is 3.06. The summed E-state index contributed by atoms with van der Waals surface area (Å²) in [5.74, 6) is 0.491. The van der Waals surface area contributed by atoms with Crippen LogP contribution in [-0.4, -0.2) is 5.78 Å². The van der Waals surface area contributed by atoms with Crippen LogP contribution < -0.4 is 0 Å². The molecule has 1 atom stereocenters. The fraction of sp³-hybridized carbons (Fsp3) is 0.462. The molecule has 0 saturated heterocycles. The van der Waals surface area contributed by atoms with Gasteiger partial charge in [-0.3, -0.25) is 4.79 Å². The van der Waals surface area contributed by atoms with E-state index in [0.717, 1.165) is 18.4 Å². The van der Waals surface area contributed by atoms with E-state index in [1.165, 1.54) is 12.1 Å². The smallest absolute Gasteiger partial charge is 0.141 e. The summed E-state index contributed by atoms with van der Waals surface area (Å²) in [6, 6.07) is 4.47. The monoisotopic (exact) mass is 240 g/mol. The van der Waals surface area contributed by atoms with Gasteiger partial charge in [0.1, 0.15) is 11.6 Å². The molecule has 0 radical (unpaired) electrons. The highest BCUT2D eigenvalue weighted by Crippen LogP contribution is 2.37. The van der Waals surface area contributed by atoms with E-state index in [-0.39, 0.29) is 16.7 Å². The Hall–Kier alpha value is -0.890. The first kappa shape index (κ1) is 11.6. The number of hydrogen-bond donors (Lipinski definition) is 0. The van der Waals surface area contributed by atoms with Crippen LogP contribution in [0, 0.1) is 17.7 Å². The minimum Gasteiger partial charge on any atom is -0.299 e. The van der Waals surface area contributed by atoms with Gasteiger partial charge < -0.3 is 0 Å². The fourth-order valence-corrected chi connectivity index (χ4v) is 2.07. The van der Waals surface area contributed by atoms with Crippen molar-refractivity contribution in [3.05, 3.63) is 34.6 Å². The Morgan fingerprint density at radius 3 is 2.81 bits per heavy atom. The summed E-state index contributed by atoms with van der Waals surface area (Å²) < 4.78 is 12.9. The molecule has 0 bridgehead atoms. The van der Waals surface area contributed by atoms with Gasteiger partial charge in [0.05, 0.1) is 5.02 Å². The van der Waals surface area contributed by atoms with Crippen LogP contribution in [0.1, 0.15) is 25.3 Å². The molecule has 2 rings (SSSR count). The van der Waals surface area contributed by atoms with Crippen molar-refractivity contribution >= 4 is 17.4 Å². The van der Waals surface area contributed by atoms with Gasteiger partial charge in [-0.2, -0.15) is 0 Å². The zero-order valence-corrected chi connectivity index (χ0v) is 9.93. The number of carbonyl (C=O) groups is 1. The van der Waals surface area contributed by atoms with Gasteiger partial charge in [0.25, 0.3) is 0 Å². The minimum atomic E-state index is -0.437. The van der Waals surface area contributed by atoms with Crippen molar-refractivity contribution in [3.8, 4) is 0 Å². The molecule has 1 saturated carbocycles. The second-order valence-electron chi connectivity index (χ2n) is 4.52. The number of Topliss-reactive ketones (excluding diaryl/α,β-unsaturated/α-hetero) is 1. The quantitative estimate of drug-likeness (QED) is 0.785. The van der Waals surface area contributed by atoms with Gasteiger partial charge >= 0.3 is 0 Å². The predicted octanol–water partition coefficient (Wildman–Crippen LogP) is 3.64. The number of hydrogen-bond acceptors (Lipinski definition) is 1. The number of ketones is 1. The molecule has 0 amide bonds. The van der Waals surface area contributed by atoms with Crippen LogP contribution in [0.25, 0.3) is 0 Å². The first-order valence-electron chi connectivity index (χ1n) is 5.54. The Balaban J connectivity index is 2.02. The summed E-state index contributed by atoms with van der Waals surface area (Å²) in [7, 11) is 0. The van der Waals surface area contributed by atoms with Crippen LogP contribution in [0.15, 0.2) is 18.2 Å². The molecule has 3 heteroatoms. The summed E-state index contributed by atoms with van der Waals surface area (Å²) >= 11 is 5.67. The van der Waals surface area contributed by atoms with E-state index < -0.39 is 5.82 Å². The molecule has 1 nitrogen and oxygen atoms in total. The third-order valence-corrected chi connectivity index (χ3v) is 3.49. The highest BCUT2D eigenvalue weighted by molar-refractivity contribution is 6.30. The molecule has 0 N–H and O–H groups in total. The lowest BCUT2D eigenvalue weighted by Crippen LogP contribution is -2.15. The molecular formula is C13H14ClFO. The summed E-state index contributed by atoms with van der Waals surface area (Å²) in [5, 5.41) is 0.0874. The van der Waals surface area contributed by atoms with E-state index in [9.17, 15) is 9.18 Å². The maximum absolute atomic E-state index is 12.9. The van der Waals surface area contributed by atoms with Gasteiger partial charge in [0.15, 0.2) is 0 Å². The first-order valence-corrected chi connectivity index (χ1v) is 5.92. The van der Waals surface area contributed by atoms with Gasteiger partial charge in [-0.05, 0) is 36.5 Å². The van der Waals surface area contributed by atoms with Gasteiger partial charge in [-0.1, -0.05) is 24.6 Å². The predicted molar refractivity (Wildman–Crippen MR) is 62.0 cm³/mol. The zero-order valence-electron chi connectivity index (χ0n) is 9.17. The Morgan fingerprint density at radius 2 is 2.25 bits per heavy atom. The standard InChI is InChI=1S/C13H14ClFO/c1-8(10-3-4-10)13(16)7-9-2-5-12(15)11(14)6-9/h2,5-6,8,10H,3-4,7H2,1H3. The molecule has 0 heterocycles. The summed E-state index contributed by atoms with van der Waals surface area (Å²) in [5.41, 5.74) is 0.795. The third-order valence-electron chi connectivity index (χ3n) is 3.20. The van der Waals surface area contributed by atoms with Crippen LogP contribution in [0.4, 0.5) is 4.39 Å². The number of benzene rings is 1. The molecule has 1 fully saturated rings. The van der Waals surface area contributed by atoms with Gasteiger partial charge in [-0.25, -0.2) is 4.39 Å². The van der Waals surface area contributed by atoms with E-state index in [4.69, 9.17) is 11.6 Å². The molecule has 0 aliphatic heterocycles. The Kier molecular flexibility index (Phi) is 3.29. The Labute approximate surface area is 99.6 Å². The second kappa shape index (κ2) is 4.54. The molecular weight excluding hydrogens is 227 g/mol. The Bertz CT molecular complexity index is 412. The highest BCUT2D eigenvalue weighted by atomic mass is 35.5. The van der Waals surface area contributed by atoms with E-state index >= 15 is 0 Å². The van der Waals surface area contributed by atoms with Crippen molar-refractivity contribution in [2.75, 3.05) is 0 Å². The van der Waals surface area contributed by atoms with Gasteiger partial charge in [0.2, 0.25) is 0 Å². The second-order valence-corrected chi connectivity index (χ2v) is 4.92. The number of rotatable bonds is 4. The zero-order chi connectivity index (χ0) is 11.7. The highest BCUT2D eigenvalue weighted by Gasteiger charge is 2.32. The van der Waals surface area contributed by atoms with Crippen molar-refractivity contribution in [2.45, 2.75) is 26.2 Å². The van der Waals surface area contributed by atoms with E-state index in [0.29, 0.717) is 12.3 Å². The van der Waals surface area contributed by atoms with Crippen LogP contribution in [-0.2, 0) is 11.2 Å². The minimum absolute atomic E-state index is 0.0874. The summed E-state index contributed by atoms with van der Waals surface area (Å²) in [6.07, 6.45) is 2.69. The van der Waals surface area contributed by atoms with Crippen LogP contribution in [0.5, 0.6) is 0 Å². The fourth-order valence-electron chi connectivity index (χ4n) is 1.87. The number of halogens is 2. The lowest BCUT2D eigenvalue weighted by molar-refractivity contribution is -0.122. The maximum Gasteiger partial charge on any atom is 0.141 e. The molecule has 16 heavy (non-hydrogen) atoms. The largest absolute Gasteiger partial charge is 0.299 e. The molecule has 1 aliphatic rings. The first-order chi connectivity index (χ1) is 7.58. The van der Waals surface area contributed by atoms with Crippen LogP contribution in [0.3, 0.4) is 0 Å². The normalized spacial score (nSPS) is 17.2. The summed E-state index contributed by atoms with van der Waals surface area (Å²) in [6.45, 7) is 1.98. The van der Waals surface area contributed by atoms with Gasteiger partial charge in [-0.15, -0.1) is 0 Å². The maximum atomic E-state index is 12.9. The summed E-state index contributed by atoms with van der Waals surface area (Å²) in [4.78, 5) is 11.9. The molecule has 1 unspecified atom stereocenters. The molecule has 86 valence electrons. The van der Waals surface area contributed by atoms with Crippen LogP contribution in [0.2, 0.25) is 5.02 Å². The van der Waals surface area contributed by atoms with Crippen molar-refractivity contribution < 1.29 is 9.18 Å². The number of carbonyl (C=O) groups excluding carboxylic acids is 1. The molecule has 0 spiro atoms. The van der Waals surface area contributed by atoms with Crippen molar-refractivity contribution in [2.24, 2.45) is 11.8 Å². The van der Waals surface area contributed by atoms with Gasteiger partial charge in [0, 0.05) is 12.3 Å². The van der Waals surface area contributed by atoms with E-state index in [2.05, 4.69) is 0 Å². The molecule has 1 aromatic rings. The average molecular weight is 241 g/mol. The Morgan fingerprint density at radius 1 is 1.56 bits per heavy atom. The SMILES string of the molecule is CC(C(=O)Cc1ccc(F)c(Cl)c1)C1CC1. The van der Waals surface area contributed by atoms with E-state index in [1.807, 2.05) is 6.92 Å². The van der Waals surface area contributed by atoms with Crippen molar-refractivity contribution in [1.29, 1.82) is 0 Å². The molecule has 0 aromatic heterocycles. The van der Waals surface area contributed by atoms with E-state index in [1.54, 1.807) is 6.07 Å². The van der Waals surface area contributed by atoms with Crippen molar-refractivity contribution in [1.82, 2.24) is 0 Å². The topological polar surface area (TPSA) is 17.1 Å². The van der Waals surface area contributed by atoms with Crippen LogP contribution >= 0.6 is 11.6 Å².